The molecule has 0 aliphatic carbocycles. The van der Waals surface area contributed by atoms with Gasteiger partial charge in [-0.2, -0.15) is 0 Å². The Balaban J connectivity index is 0.000000490. The van der Waals surface area contributed by atoms with Gasteiger partial charge in [-0.1, -0.05) is 0 Å². The molecule has 1 aliphatic rings. The van der Waals surface area contributed by atoms with Crippen LogP contribution in [0.4, 0.5) is 0 Å². The average Bonchev–Trinajstić information content (AvgIpc) is 2.14. The summed E-state index contributed by atoms with van der Waals surface area (Å²) in [4.78, 5) is 9.88. The van der Waals surface area contributed by atoms with E-state index in [-0.39, 0.29) is 35.7 Å². The summed E-state index contributed by atoms with van der Waals surface area (Å²) in [6.07, 6.45) is 2.75. The van der Waals surface area contributed by atoms with Gasteiger partial charge < -0.3 is 9.53 Å². The average molecular weight is 124 g/mol. The Morgan fingerprint density at radius 1 is 1.62 bits per heavy atom. The molecular formula is C5H9NaO2. The van der Waals surface area contributed by atoms with E-state index in [9.17, 15) is 4.79 Å². The zero-order valence-corrected chi connectivity index (χ0v) is 4.09. The van der Waals surface area contributed by atoms with Gasteiger partial charge in [0.1, 0.15) is 12.4 Å². The van der Waals surface area contributed by atoms with Crippen molar-refractivity contribution in [1.29, 1.82) is 0 Å². The zero-order chi connectivity index (χ0) is 5.11. The molecule has 0 aromatic carbocycles. The molecule has 1 aliphatic heterocycles. The topological polar surface area (TPSA) is 26.3 Å². The molecule has 0 aromatic heterocycles. The Morgan fingerprint density at radius 2 is 2.38 bits per heavy atom. The summed E-state index contributed by atoms with van der Waals surface area (Å²) in [5, 5.41) is 0. The second-order valence-electron chi connectivity index (χ2n) is 1.69. The molecule has 3 heteroatoms. The molecule has 0 radical (unpaired) electrons. The van der Waals surface area contributed by atoms with Crippen LogP contribution >= 0.6 is 0 Å². The standard InChI is InChI=1S/C5H8O2.Na.H/c6-4-5-2-1-3-7-5;;/h4-5H,1-3H2;;. The van der Waals surface area contributed by atoms with Crippen LogP contribution in [0.15, 0.2) is 0 Å². The maximum atomic E-state index is 9.88. The van der Waals surface area contributed by atoms with Gasteiger partial charge in [0.15, 0.2) is 0 Å². The number of hydrogen-bond acceptors (Lipinski definition) is 2. The normalized spacial score (nSPS) is 26.8. The van der Waals surface area contributed by atoms with E-state index >= 15 is 0 Å². The number of ether oxygens (including phenoxy) is 1. The first-order valence-electron chi connectivity index (χ1n) is 2.50. The van der Waals surface area contributed by atoms with Crippen LogP contribution in [0.1, 0.15) is 12.8 Å². The molecule has 1 atom stereocenters. The number of hydrogen-bond donors (Lipinski definition) is 0. The van der Waals surface area contributed by atoms with Gasteiger partial charge in [-0.3, -0.25) is 0 Å². The van der Waals surface area contributed by atoms with Crippen molar-refractivity contribution in [3.05, 3.63) is 0 Å². The summed E-state index contributed by atoms with van der Waals surface area (Å²) in [5.41, 5.74) is 0. The molecule has 0 N–H and O–H groups in total. The van der Waals surface area contributed by atoms with Gasteiger partial charge in [-0.25, -0.2) is 0 Å². The first-order chi connectivity index (χ1) is 3.43. The third-order valence-corrected chi connectivity index (χ3v) is 1.12. The molecule has 1 rings (SSSR count). The van der Waals surface area contributed by atoms with Gasteiger partial charge in [0, 0.05) is 6.61 Å². The Bertz CT molecular complexity index is 68.8. The van der Waals surface area contributed by atoms with Gasteiger partial charge in [0.25, 0.3) is 0 Å². The van der Waals surface area contributed by atoms with Crippen molar-refractivity contribution < 1.29 is 9.53 Å². The molecular weight excluding hydrogens is 115 g/mol. The van der Waals surface area contributed by atoms with Gasteiger partial charge >= 0.3 is 29.6 Å². The second kappa shape index (κ2) is 4.50. The molecule has 1 fully saturated rings. The summed E-state index contributed by atoms with van der Waals surface area (Å²) in [7, 11) is 0. The first-order valence-corrected chi connectivity index (χ1v) is 2.50. The van der Waals surface area contributed by atoms with Crippen LogP contribution in [-0.4, -0.2) is 48.6 Å². The minimum absolute atomic E-state index is 0. The van der Waals surface area contributed by atoms with Gasteiger partial charge in [0.05, 0.1) is 0 Å². The van der Waals surface area contributed by atoms with Crippen molar-refractivity contribution in [2.75, 3.05) is 6.61 Å². The SMILES string of the molecule is O=CC1CCCO1.[NaH]. The summed E-state index contributed by atoms with van der Waals surface area (Å²) < 4.78 is 4.93. The van der Waals surface area contributed by atoms with Crippen molar-refractivity contribution >= 4 is 35.8 Å². The monoisotopic (exact) mass is 124 g/mol. The fourth-order valence-corrected chi connectivity index (χ4v) is 0.710. The summed E-state index contributed by atoms with van der Waals surface area (Å²) in [5.74, 6) is 0. The molecule has 0 spiro atoms. The van der Waals surface area contributed by atoms with Crippen molar-refractivity contribution in [3.63, 3.8) is 0 Å². The molecule has 1 unspecified atom stereocenters. The van der Waals surface area contributed by atoms with E-state index in [4.69, 9.17) is 4.74 Å². The van der Waals surface area contributed by atoms with Gasteiger partial charge in [0.2, 0.25) is 0 Å². The molecule has 0 amide bonds. The van der Waals surface area contributed by atoms with Crippen LogP contribution < -0.4 is 0 Å². The van der Waals surface area contributed by atoms with E-state index < -0.39 is 0 Å². The third kappa shape index (κ3) is 2.27. The molecule has 1 saturated heterocycles. The molecule has 1 heterocycles. The molecule has 0 saturated carbocycles. The quantitative estimate of drug-likeness (QED) is 0.355. The minimum atomic E-state index is -0.0833. The number of rotatable bonds is 1. The Morgan fingerprint density at radius 3 is 2.62 bits per heavy atom. The van der Waals surface area contributed by atoms with E-state index in [0.29, 0.717) is 0 Å². The molecule has 0 bridgehead atoms. The van der Waals surface area contributed by atoms with Crippen LogP contribution in [0.3, 0.4) is 0 Å². The number of aldehydes is 1. The van der Waals surface area contributed by atoms with E-state index in [1.54, 1.807) is 0 Å². The van der Waals surface area contributed by atoms with Crippen molar-refractivity contribution in [2.24, 2.45) is 0 Å². The van der Waals surface area contributed by atoms with Crippen LogP contribution in [0.2, 0.25) is 0 Å². The maximum absolute atomic E-state index is 9.88. The van der Waals surface area contributed by atoms with E-state index in [1.807, 2.05) is 0 Å². The summed E-state index contributed by atoms with van der Waals surface area (Å²) >= 11 is 0. The van der Waals surface area contributed by atoms with E-state index in [0.717, 1.165) is 25.7 Å². The second-order valence-corrected chi connectivity index (χ2v) is 1.69. The molecule has 2 nitrogen and oxygen atoms in total. The summed E-state index contributed by atoms with van der Waals surface area (Å²) in [6, 6.07) is 0. The summed E-state index contributed by atoms with van der Waals surface area (Å²) in [6.45, 7) is 0.767. The predicted octanol–water partition coefficient (Wildman–Crippen LogP) is -0.284. The van der Waals surface area contributed by atoms with E-state index in [1.165, 1.54) is 0 Å². The van der Waals surface area contributed by atoms with E-state index in [2.05, 4.69) is 0 Å². The predicted molar refractivity (Wildman–Crippen MR) is 32.2 cm³/mol. The van der Waals surface area contributed by atoms with Crippen molar-refractivity contribution in [1.82, 2.24) is 0 Å². The molecule has 0 aromatic rings. The molecule has 8 heavy (non-hydrogen) atoms. The van der Waals surface area contributed by atoms with Crippen LogP contribution in [-0.2, 0) is 9.53 Å². The Labute approximate surface area is 70.9 Å². The van der Waals surface area contributed by atoms with Crippen molar-refractivity contribution in [3.8, 4) is 0 Å². The molecule has 42 valence electrons. The van der Waals surface area contributed by atoms with Crippen LogP contribution in [0.5, 0.6) is 0 Å². The Kier molecular flexibility index (Phi) is 4.86. The van der Waals surface area contributed by atoms with Gasteiger partial charge in [-0.15, -0.1) is 0 Å². The fourth-order valence-electron chi connectivity index (χ4n) is 0.710. The zero-order valence-electron chi connectivity index (χ0n) is 4.09. The third-order valence-electron chi connectivity index (χ3n) is 1.12. The Hall–Kier alpha value is 0.630. The first kappa shape index (κ1) is 8.63. The number of carbonyl (C=O) groups excluding carboxylic acids is 1. The fraction of sp³-hybridized carbons (Fsp3) is 0.800. The van der Waals surface area contributed by atoms with Crippen LogP contribution in [0, 0.1) is 0 Å². The number of carbonyl (C=O) groups is 1. The van der Waals surface area contributed by atoms with Crippen LogP contribution in [0.25, 0.3) is 0 Å². The van der Waals surface area contributed by atoms with Crippen molar-refractivity contribution in [2.45, 2.75) is 18.9 Å². The van der Waals surface area contributed by atoms with Gasteiger partial charge in [-0.05, 0) is 12.8 Å².